The van der Waals surface area contributed by atoms with Crippen molar-refractivity contribution in [3.8, 4) is 10.6 Å². The smallest absolute Gasteiger partial charge is 0.255 e. The summed E-state index contributed by atoms with van der Waals surface area (Å²) in [6.07, 6.45) is 2.75. The fourth-order valence-corrected chi connectivity index (χ4v) is 3.16. The molecule has 1 aromatic carbocycles. The topological polar surface area (TPSA) is 46.9 Å². The molecule has 1 unspecified atom stereocenters. The van der Waals surface area contributed by atoms with Gasteiger partial charge in [-0.15, -0.1) is 11.3 Å². The molecule has 0 aliphatic heterocycles. The number of amides is 1. The fourth-order valence-electron chi connectivity index (χ4n) is 2.44. The van der Waals surface area contributed by atoms with E-state index in [4.69, 9.17) is 0 Å². The summed E-state index contributed by atoms with van der Waals surface area (Å²) in [5.41, 5.74) is 2.54. The van der Waals surface area contributed by atoms with Crippen LogP contribution in [0.15, 0.2) is 54.0 Å². The lowest BCUT2D eigenvalue weighted by molar-refractivity contribution is 0.0940. The molecule has 3 aromatic rings. The van der Waals surface area contributed by atoms with Gasteiger partial charge in [0.2, 0.25) is 0 Å². The molecule has 1 amide bonds. The van der Waals surface area contributed by atoms with Crippen molar-refractivity contribution < 1.29 is 4.79 Å². The second-order valence-corrected chi connectivity index (χ2v) is 6.78. The van der Waals surface area contributed by atoms with Gasteiger partial charge in [-0.1, -0.05) is 43.3 Å². The van der Waals surface area contributed by atoms with Crippen molar-refractivity contribution in [2.45, 2.75) is 32.9 Å². The molecule has 1 N–H and O–H groups in total. The van der Waals surface area contributed by atoms with Gasteiger partial charge in [0.05, 0.1) is 17.0 Å². The minimum Gasteiger partial charge on any atom is -0.349 e. The zero-order valence-corrected chi connectivity index (χ0v) is 14.7. The van der Waals surface area contributed by atoms with Crippen molar-refractivity contribution in [2.24, 2.45) is 0 Å². The maximum absolute atomic E-state index is 12.6. The third-order valence-electron chi connectivity index (χ3n) is 3.94. The predicted molar refractivity (Wildman–Crippen MR) is 98.3 cm³/mol. The zero-order valence-electron chi connectivity index (χ0n) is 13.9. The maximum Gasteiger partial charge on any atom is 0.255 e. The Morgan fingerprint density at radius 1 is 1.25 bits per heavy atom. The Morgan fingerprint density at radius 2 is 2.04 bits per heavy atom. The number of aromatic nitrogens is 2. The lowest BCUT2D eigenvalue weighted by atomic mass is 10.2. The van der Waals surface area contributed by atoms with Crippen LogP contribution in [0.2, 0.25) is 0 Å². The van der Waals surface area contributed by atoms with Gasteiger partial charge in [0.25, 0.3) is 5.91 Å². The number of benzene rings is 1. The van der Waals surface area contributed by atoms with Crippen molar-refractivity contribution in [1.82, 2.24) is 15.1 Å². The molecule has 124 valence electrons. The first-order chi connectivity index (χ1) is 11.7. The van der Waals surface area contributed by atoms with Crippen LogP contribution in [0.5, 0.6) is 0 Å². The van der Waals surface area contributed by atoms with Crippen molar-refractivity contribution in [2.75, 3.05) is 0 Å². The minimum absolute atomic E-state index is 0.0629. The molecule has 3 rings (SSSR count). The summed E-state index contributed by atoms with van der Waals surface area (Å²) in [5.74, 6) is -0.0629. The first-order valence-electron chi connectivity index (χ1n) is 8.13. The van der Waals surface area contributed by atoms with Crippen LogP contribution in [0.3, 0.4) is 0 Å². The molecule has 0 saturated heterocycles. The predicted octanol–water partition coefficient (Wildman–Crippen LogP) is 4.19. The first-order valence-corrected chi connectivity index (χ1v) is 9.01. The fraction of sp³-hybridized carbons (Fsp3) is 0.263. The Labute approximate surface area is 146 Å². The molecule has 0 fully saturated rings. The summed E-state index contributed by atoms with van der Waals surface area (Å²) in [4.78, 5) is 13.6. The number of rotatable bonds is 6. The average Bonchev–Trinajstić information content (AvgIpc) is 3.24. The molecule has 1 atom stereocenters. The summed E-state index contributed by atoms with van der Waals surface area (Å²) in [7, 11) is 0. The number of carbonyl (C=O) groups is 1. The van der Waals surface area contributed by atoms with E-state index in [9.17, 15) is 4.79 Å². The van der Waals surface area contributed by atoms with Crippen molar-refractivity contribution in [3.05, 3.63) is 65.2 Å². The molecular formula is C19H21N3OS. The number of carbonyl (C=O) groups excluding carboxylic acids is 1. The van der Waals surface area contributed by atoms with Gasteiger partial charge in [-0.05, 0) is 30.4 Å². The SMILES string of the molecule is CCC(C)NC(=O)c1cn(Cc2ccccc2)nc1-c1cccs1. The van der Waals surface area contributed by atoms with Gasteiger partial charge in [-0.3, -0.25) is 9.48 Å². The van der Waals surface area contributed by atoms with Crippen LogP contribution in [0, 0.1) is 0 Å². The van der Waals surface area contributed by atoms with Gasteiger partial charge in [0, 0.05) is 12.2 Å². The van der Waals surface area contributed by atoms with Crippen molar-refractivity contribution in [1.29, 1.82) is 0 Å². The number of nitrogens with zero attached hydrogens (tertiary/aromatic N) is 2. The van der Waals surface area contributed by atoms with E-state index in [-0.39, 0.29) is 11.9 Å². The van der Waals surface area contributed by atoms with E-state index in [2.05, 4.69) is 29.5 Å². The normalized spacial score (nSPS) is 12.1. The summed E-state index contributed by atoms with van der Waals surface area (Å²) in [5, 5.41) is 9.71. The molecule has 2 heterocycles. The van der Waals surface area contributed by atoms with E-state index in [1.54, 1.807) is 11.3 Å². The van der Waals surface area contributed by atoms with E-state index < -0.39 is 0 Å². The monoisotopic (exact) mass is 339 g/mol. The van der Waals surface area contributed by atoms with Gasteiger partial charge in [0.1, 0.15) is 5.69 Å². The van der Waals surface area contributed by atoms with Crippen LogP contribution >= 0.6 is 11.3 Å². The number of nitrogens with one attached hydrogen (secondary N) is 1. The summed E-state index contributed by atoms with van der Waals surface area (Å²) in [6, 6.07) is 14.3. The van der Waals surface area contributed by atoms with Gasteiger partial charge in [-0.25, -0.2) is 0 Å². The molecule has 0 aliphatic rings. The highest BCUT2D eigenvalue weighted by Gasteiger charge is 2.19. The average molecular weight is 339 g/mol. The van der Waals surface area contributed by atoms with Gasteiger partial charge in [0.15, 0.2) is 0 Å². The quantitative estimate of drug-likeness (QED) is 0.732. The van der Waals surface area contributed by atoms with E-state index in [1.807, 2.05) is 53.5 Å². The summed E-state index contributed by atoms with van der Waals surface area (Å²) < 4.78 is 1.84. The molecule has 4 nitrogen and oxygen atoms in total. The second-order valence-electron chi connectivity index (χ2n) is 5.83. The van der Waals surface area contributed by atoms with Crippen LogP contribution in [-0.4, -0.2) is 21.7 Å². The largest absolute Gasteiger partial charge is 0.349 e. The first kappa shape index (κ1) is 16.5. The summed E-state index contributed by atoms with van der Waals surface area (Å²) >= 11 is 1.60. The molecule has 0 spiro atoms. The lowest BCUT2D eigenvalue weighted by Gasteiger charge is -2.10. The minimum atomic E-state index is -0.0629. The van der Waals surface area contributed by atoms with Gasteiger partial charge < -0.3 is 5.32 Å². The molecule has 0 bridgehead atoms. The highest BCUT2D eigenvalue weighted by molar-refractivity contribution is 7.13. The molecule has 5 heteroatoms. The molecule has 0 aliphatic carbocycles. The number of hydrogen-bond acceptors (Lipinski definition) is 3. The van der Waals surface area contributed by atoms with E-state index >= 15 is 0 Å². The Kier molecular flexibility index (Phi) is 5.11. The van der Waals surface area contributed by atoms with Gasteiger partial charge in [-0.2, -0.15) is 5.10 Å². The van der Waals surface area contributed by atoms with Crippen LogP contribution in [0.25, 0.3) is 10.6 Å². The van der Waals surface area contributed by atoms with E-state index in [0.717, 1.165) is 22.6 Å². The van der Waals surface area contributed by atoms with E-state index in [1.165, 1.54) is 0 Å². The van der Waals surface area contributed by atoms with Gasteiger partial charge >= 0.3 is 0 Å². The molecule has 0 saturated carbocycles. The highest BCUT2D eigenvalue weighted by Crippen LogP contribution is 2.27. The van der Waals surface area contributed by atoms with Crippen molar-refractivity contribution >= 4 is 17.2 Å². The zero-order chi connectivity index (χ0) is 16.9. The van der Waals surface area contributed by atoms with Crippen LogP contribution < -0.4 is 5.32 Å². The van der Waals surface area contributed by atoms with Crippen LogP contribution in [0.4, 0.5) is 0 Å². The number of hydrogen-bond donors (Lipinski definition) is 1. The Hall–Kier alpha value is -2.40. The third kappa shape index (κ3) is 3.74. The van der Waals surface area contributed by atoms with E-state index in [0.29, 0.717) is 12.1 Å². The number of thiophene rings is 1. The second kappa shape index (κ2) is 7.45. The van der Waals surface area contributed by atoms with Crippen molar-refractivity contribution in [3.63, 3.8) is 0 Å². The highest BCUT2D eigenvalue weighted by atomic mass is 32.1. The Bertz CT molecular complexity index is 793. The molecular weight excluding hydrogens is 318 g/mol. The lowest BCUT2D eigenvalue weighted by Crippen LogP contribution is -2.32. The maximum atomic E-state index is 12.6. The molecule has 24 heavy (non-hydrogen) atoms. The Balaban J connectivity index is 1.92. The molecule has 2 aromatic heterocycles. The third-order valence-corrected chi connectivity index (χ3v) is 4.81. The van der Waals surface area contributed by atoms with Crippen LogP contribution in [-0.2, 0) is 6.54 Å². The standard InChI is InChI=1S/C19H21N3OS/c1-3-14(2)20-19(23)16-13-22(12-15-8-5-4-6-9-15)21-18(16)17-10-7-11-24-17/h4-11,13-14H,3,12H2,1-2H3,(H,20,23). The molecule has 0 radical (unpaired) electrons. The summed E-state index contributed by atoms with van der Waals surface area (Å²) in [6.45, 7) is 4.72. The Morgan fingerprint density at radius 3 is 2.71 bits per heavy atom. The van der Waals surface area contributed by atoms with Crippen LogP contribution in [0.1, 0.15) is 36.2 Å².